The number of nitrogens with one attached hydrogen (secondary N) is 1. The molecule has 0 saturated heterocycles. The van der Waals surface area contributed by atoms with Gasteiger partial charge < -0.3 is 10.2 Å². The van der Waals surface area contributed by atoms with Gasteiger partial charge in [0.2, 0.25) is 11.8 Å². The molecular weight excluding hydrogens is 312 g/mol. The lowest BCUT2D eigenvalue weighted by Crippen LogP contribution is -2.37. The molecule has 1 aliphatic rings. The molecule has 0 saturated carbocycles. The molecule has 1 N–H and O–H groups in total. The molecule has 3 rings (SSSR count). The molecule has 2 aromatic carbocycles. The van der Waals surface area contributed by atoms with Crippen LogP contribution in [0.15, 0.2) is 48.5 Å². The quantitative estimate of drug-likeness (QED) is 0.917. The van der Waals surface area contributed by atoms with E-state index in [9.17, 15) is 9.59 Å². The first-order valence-electron chi connectivity index (χ1n) is 7.53. The maximum Gasteiger partial charge on any atom is 0.231 e. The highest BCUT2D eigenvalue weighted by atomic mass is 35.5. The number of para-hydroxylation sites is 1. The molecular formula is C18H17ClN2O2. The van der Waals surface area contributed by atoms with Crippen molar-refractivity contribution >= 4 is 29.1 Å². The van der Waals surface area contributed by atoms with Crippen LogP contribution in [-0.2, 0) is 22.4 Å². The first-order valence-corrected chi connectivity index (χ1v) is 7.91. The van der Waals surface area contributed by atoms with Gasteiger partial charge >= 0.3 is 0 Å². The van der Waals surface area contributed by atoms with Crippen molar-refractivity contribution in [3.63, 3.8) is 0 Å². The van der Waals surface area contributed by atoms with Gasteiger partial charge in [-0.05, 0) is 29.3 Å². The van der Waals surface area contributed by atoms with Crippen molar-refractivity contribution in [2.75, 3.05) is 18.0 Å². The number of fused-ring (bicyclic) bond motifs is 1. The first-order chi connectivity index (χ1) is 11.1. The van der Waals surface area contributed by atoms with Gasteiger partial charge in [0.15, 0.2) is 0 Å². The molecule has 1 aliphatic heterocycles. The van der Waals surface area contributed by atoms with Crippen LogP contribution in [0, 0.1) is 0 Å². The van der Waals surface area contributed by atoms with Crippen molar-refractivity contribution in [3.05, 3.63) is 64.7 Å². The second kappa shape index (κ2) is 6.84. The van der Waals surface area contributed by atoms with Crippen LogP contribution in [0.1, 0.15) is 11.1 Å². The number of hydrogen-bond acceptors (Lipinski definition) is 2. The third-order valence-electron chi connectivity index (χ3n) is 3.84. The molecule has 0 spiro atoms. The van der Waals surface area contributed by atoms with E-state index in [-0.39, 0.29) is 18.2 Å². The van der Waals surface area contributed by atoms with Crippen molar-refractivity contribution in [3.8, 4) is 0 Å². The maximum atomic E-state index is 12.0. The fourth-order valence-electron chi connectivity index (χ4n) is 2.76. The Morgan fingerprint density at radius 2 is 2.00 bits per heavy atom. The number of nitrogens with zero attached hydrogens (tertiary/aromatic N) is 1. The van der Waals surface area contributed by atoms with Crippen LogP contribution in [-0.4, -0.2) is 24.9 Å². The number of anilines is 1. The lowest BCUT2D eigenvalue weighted by atomic mass is 10.1. The Hall–Kier alpha value is -2.33. The van der Waals surface area contributed by atoms with Gasteiger partial charge in [0.05, 0.1) is 12.8 Å². The molecule has 4 nitrogen and oxygen atoms in total. The first kappa shape index (κ1) is 15.6. The van der Waals surface area contributed by atoms with Crippen molar-refractivity contribution in [1.82, 2.24) is 5.32 Å². The summed E-state index contributed by atoms with van der Waals surface area (Å²) in [6, 6.07) is 15.0. The summed E-state index contributed by atoms with van der Waals surface area (Å²) in [5.74, 6) is 0.00230. The summed E-state index contributed by atoms with van der Waals surface area (Å²) in [6.45, 7) is 0.913. The number of halogens is 1. The van der Waals surface area contributed by atoms with E-state index in [0.29, 0.717) is 24.5 Å². The van der Waals surface area contributed by atoms with E-state index in [1.165, 1.54) is 0 Å². The molecule has 2 aromatic rings. The zero-order valence-electron chi connectivity index (χ0n) is 12.6. The minimum Gasteiger partial charge on any atom is -0.354 e. The fourth-order valence-corrected chi connectivity index (χ4v) is 2.98. The SMILES string of the molecule is O=C(Cc1cccc(Cl)c1)NCCN1C(=O)Cc2ccccc21. The molecule has 0 bridgehead atoms. The average Bonchev–Trinajstić information content (AvgIpc) is 2.83. The molecule has 0 radical (unpaired) electrons. The van der Waals surface area contributed by atoms with E-state index in [4.69, 9.17) is 11.6 Å². The Bertz CT molecular complexity index is 745. The third kappa shape index (κ3) is 3.71. The minimum atomic E-state index is -0.0767. The molecule has 23 heavy (non-hydrogen) atoms. The average molecular weight is 329 g/mol. The Morgan fingerprint density at radius 3 is 2.83 bits per heavy atom. The Balaban J connectivity index is 1.52. The Labute approximate surface area is 140 Å². The van der Waals surface area contributed by atoms with Crippen LogP contribution in [0.4, 0.5) is 5.69 Å². The highest BCUT2D eigenvalue weighted by Crippen LogP contribution is 2.27. The number of rotatable bonds is 5. The Kier molecular flexibility index (Phi) is 4.63. The van der Waals surface area contributed by atoms with Crippen LogP contribution in [0.25, 0.3) is 0 Å². The third-order valence-corrected chi connectivity index (χ3v) is 4.07. The summed E-state index contributed by atoms with van der Waals surface area (Å²) in [5, 5.41) is 3.47. The van der Waals surface area contributed by atoms with Crippen molar-refractivity contribution in [2.24, 2.45) is 0 Å². The number of hydrogen-bond donors (Lipinski definition) is 1. The topological polar surface area (TPSA) is 49.4 Å². The smallest absolute Gasteiger partial charge is 0.231 e. The molecule has 2 amide bonds. The van der Waals surface area contributed by atoms with Crippen molar-refractivity contribution in [2.45, 2.75) is 12.8 Å². The molecule has 5 heteroatoms. The summed E-state index contributed by atoms with van der Waals surface area (Å²) in [4.78, 5) is 25.7. The van der Waals surface area contributed by atoms with Gasteiger partial charge in [0, 0.05) is 23.8 Å². The van der Waals surface area contributed by atoms with Gasteiger partial charge in [-0.15, -0.1) is 0 Å². The summed E-state index contributed by atoms with van der Waals surface area (Å²) in [7, 11) is 0. The summed E-state index contributed by atoms with van der Waals surface area (Å²) >= 11 is 5.91. The van der Waals surface area contributed by atoms with Gasteiger partial charge in [-0.3, -0.25) is 9.59 Å². The van der Waals surface area contributed by atoms with Crippen molar-refractivity contribution in [1.29, 1.82) is 0 Å². The van der Waals surface area contributed by atoms with Gasteiger partial charge in [0.25, 0.3) is 0 Å². The second-order valence-electron chi connectivity index (χ2n) is 5.51. The summed E-state index contributed by atoms with van der Waals surface area (Å²) in [6.07, 6.45) is 0.720. The number of carbonyl (C=O) groups excluding carboxylic acids is 2. The number of amides is 2. The molecule has 1 heterocycles. The predicted molar refractivity (Wildman–Crippen MR) is 90.7 cm³/mol. The van der Waals surface area contributed by atoms with E-state index in [2.05, 4.69) is 5.32 Å². The predicted octanol–water partition coefficient (Wildman–Crippen LogP) is 2.59. The largest absolute Gasteiger partial charge is 0.354 e. The van der Waals surface area contributed by atoms with Gasteiger partial charge in [-0.2, -0.15) is 0 Å². The lowest BCUT2D eigenvalue weighted by molar-refractivity contribution is -0.121. The van der Waals surface area contributed by atoms with Gasteiger partial charge in [-0.25, -0.2) is 0 Å². The standard InChI is InChI=1S/C18H17ClN2O2/c19-15-6-3-4-13(10-15)11-17(22)20-8-9-21-16-7-2-1-5-14(16)12-18(21)23/h1-7,10H,8-9,11-12H2,(H,20,22). The van der Waals surface area contributed by atoms with Crippen molar-refractivity contribution < 1.29 is 9.59 Å². The van der Waals surface area contributed by atoms with E-state index in [1.54, 1.807) is 17.0 Å². The molecule has 0 fully saturated rings. The fraction of sp³-hybridized carbons (Fsp3) is 0.222. The van der Waals surface area contributed by atoms with E-state index in [0.717, 1.165) is 16.8 Å². The van der Waals surface area contributed by atoms with Gasteiger partial charge in [-0.1, -0.05) is 41.9 Å². The lowest BCUT2D eigenvalue weighted by Gasteiger charge is -2.17. The Morgan fingerprint density at radius 1 is 1.17 bits per heavy atom. The highest BCUT2D eigenvalue weighted by molar-refractivity contribution is 6.30. The molecule has 0 unspecified atom stereocenters. The monoisotopic (exact) mass is 328 g/mol. The number of carbonyl (C=O) groups is 2. The van der Waals surface area contributed by atoms with E-state index < -0.39 is 0 Å². The normalized spacial score (nSPS) is 13.1. The molecule has 0 atom stereocenters. The van der Waals surface area contributed by atoms with Crippen LogP contribution in [0.2, 0.25) is 5.02 Å². The maximum absolute atomic E-state index is 12.0. The van der Waals surface area contributed by atoms with E-state index in [1.807, 2.05) is 36.4 Å². The molecule has 0 aromatic heterocycles. The van der Waals surface area contributed by atoms with Gasteiger partial charge in [0.1, 0.15) is 0 Å². The van der Waals surface area contributed by atoms with Crippen LogP contribution in [0.3, 0.4) is 0 Å². The summed E-state index contributed by atoms with van der Waals surface area (Å²) in [5.41, 5.74) is 2.86. The summed E-state index contributed by atoms with van der Waals surface area (Å²) < 4.78 is 0. The highest BCUT2D eigenvalue weighted by Gasteiger charge is 2.26. The molecule has 118 valence electrons. The molecule has 0 aliphatic carbocycles. The van der Waals surface area contributed by atoms with Crippen LogP contribution >= 0.6 is 11.6 Å². The number of benzene rings is 2. The van der Waals surface area contributed by atoms with E-state index >= 15 is 0 Å². The minimum absolute atomic E-state index is 0.0767. The second-order valence-corrected chi connectivity index (χ2v) is 5.94. The zero-order valence-corrected chi connectivity index (χ0v) is 13.3. The zero-order chi connectivity index (χ0) is 16.2. The van der Waals surface area contributed by atoms with Crippen LogP contribution < -0.4 is 10.2 Å². The van der Waals surface area contributed by atoms with Crippen LogP contribution in [0.5, 0.6) is 0 Å².